The lowest BCUT2D eigenvalue weighted by Gasteiger charge is -2.32. The Kier molecular flexibility index (Phi) is 5.15. The van der Waals surface area contributed by atoms with Crippen LogP contribution < -0.4 is 0 Å². The van der Waals surface area contributed by atoms with Gasteiger partial charge in [0.05, 0.1) is 24.9 Å². The van der Waals surface area contributed by atoms with Crippen LogP contribution in [0.5, 0.6) is 0 Å². The predicted molar refractivity (Wildman–Crippen MR) is 95.9 cm³/mol. The fourth-order valence-electron chi connectivity index (χ4n) is 3.64. The topological polar surface area (TPSA) is 64.6 Å². The van der Waals surface area contributed by atoms with E-state index in [0.717, 1.165) is 18.5 Å². The summed E-state index contributed by atoms with van der Waals surface area (Å²) in [5.41, 5.74) is 1.22. The highest BCUT2D eigenvalue weighted by Gasteiger charge is 2.47. The van der Waals surface area contributed by atoms with Crippen LogP contribution in [-0.2, 0) is 16.1 Å². The summed E-state index contributed by atoms with van der Waals surface area (Å²) in [6.07, 6.45) is 3.29. The van der Waals surface area contributed by atoms with E-state index in [9.17, 15) is 4.79 Å². The van der Waals surface area contributed by atoms with E-state index < -0.39 is 0 Å². The number of nitrogens with zero attached hydrogens (tertiary/aromatic N) is 3. The molecule has 0 bridgehead atoms. The van der Waals surface area contributed by atoms with Crippen molar-refractivity contribution < 1.29 is 14.3 Å². The van der Waals surface area contributed by atoms with E-state index in [0.29, 0.717) is 30.6 Å². The minimum atomic E-state index is -0.176. The van der Waals surface area contributed by atoms with E-state index in [1.54, 1.807) is 24.4 Å². The van der Waals surface area contributed by atoms with Gasteiger partial charge in [-0.2, -0.15) is 0 Å². The zero-order valence-corrected chi connectivity index (χ0v) is 15.0. The lowest BCUT2D eigenvalue weighted by atomic mass is 10.0. The lowest BCUT2D eigenvalue weighted by molar-refractivity contribution is -0.0814. The van der Waals surface area contributed by atoms with Crippen LogP contribution in [0.3, 0.4) is 0 Å². The first-order valence-corrected chi connectivity index (χ1v) is 9.17. The van der Waals surface area contributed by atoms with Gasteiger partial charge in [-0.25, -0.2) is 4.98 Å². The second-order valence-electron chi connectivity index (χ2n) is 6.52. The number of amides is 1. The Balaban J connectivity index is 1.50. The SMILES string of the molecule is O=C(c1cccc(Cl)n1)N1C[C@H](OCc2ccccn2)[C@H]2OCCC[C@H]21. The minimum absolute atomic E-state index is 0.00534. The van der Waals surface area contributed by atoms with E-state index >= 15 is 0 Å². The molecule has 2 aromatic heterocycles. The van der Waals surface area contributed by atoms with Crippen molar-refractivity contribution in [3.8, 4) is 0 Å². The molecule has 26 heavy (non-hydrogen) atoms. The highest BCUT2D eigenvalue weighted by atomic mass is 35.5. The molecule has 3 atom stereocenters. The molecule has 1 amide bonds. The number of carbonyl (C=O) groups is 1. The molecule has 4 heterocycles. The zero-order chi connectivity index (χ0) is 17.9. The fourth-order valence-corrected chi connectivity index (χ4v) is 3.80. The van der Waals surface area contributed by atoms with E-state index in [1.807, 2.05) is 23.1 Å². The van der Waals surface area contributed by atoms with Gasteiger partial charge in [0.25, 0.3) is 5.91 Å². The fraction of sp³-hybridized carbons (Fsp3) is 0.421. The smallest absolute Gasteiger partial charge is 0.272 e. The largest absolute Gasteiger partial charge is 0.373 e. The molecule has 0 aromatic carbocycles. The van der Waals surface area contributed by atoms with Gasteiger partial charge < -0.3 is 14.4 Å². The second-order valence-corrected chi connectivity index (χ2v) is 6.91. The molecule has 0 N–H and O–H groups in total. The molecule has 0 aliphatic carbocycles. The summed E-state index contributed by atoms with van der Waals surface area (Å²) in [4.78, 5) is 23.2. The molecule has 2 aliphatic rings. The third-order valence-corrected chi connectivity index (χ3v) is 5.05. The van der Waals surface area contributed by atoms with Crippen LogP contribution in [0.15, 0.2) is 42.6 Å². The van der Waals surface area contributed by atoms with Gasteiger partial charge in [0.15, 0.2) is 0 Å². The Morgan fingerprint density at radius 3 is 3.04 bits per heavy atom. The Morgan fingerprint density at radius 1 is 1.31 bits per heavy atom. The molecule has 0 unspecified atom stereocenters. The van der Waals surface area contributed by atoms with Gasteiger partial charge in [-0.1, -0.05) is 23.7 Å². The summed E-state index contributed by atoms with van der Waals surface area (Å²) in [5.74, 6) is -0.128. The Labute approximate surface area is 157 Å². The number of fused-ring (bicyclic) bond motifs is 1. The van der Waals surface area contributed by atoms with Crippen molar-refractivity contribution in [3.63, 3.8) is 0 Å². The van der Waals surface area contributed by atoms with E-state index in [1.165, 1.54) is 0 Å². The molecule has 136 valence electrons. The Morgan fingerprint density at radius 2 is 2.23 bits per heavy atom. The van der Waals surface area contributed by atoms with Gasteiger partial charge in [-0.15, -0.1) is 0 Å². The standard InChI is InChI=1S/C19H20ClN3O3/c20-17-8-3-6-14(22-17)19(24)23-11-16(18-15(23)7-4-10-25-18)26-12-13-5-1-2-9-21-13/h1-3,5-6,8-9,15-16,18H,4,7,10-12H2/t15-,16+,18+/m1/s1. The monoisotopic (exact) mass is 373 g/mol. The van der Waals surface area contributed by atoms with E-state index in [-0.39, 0.29) is 24.2 Å². The van der Waals surface area contributed by atoms with Gasteiger partial charge in [-0.05, 0) is 37.1 Å². The first-order valence-electron chi connectivity index (χ1n) is 8.79. The van der Waals surface area contributed by atoms with Crippen LogP contribution in [0.1, 0.15) is 29.0 Å². The van der Waals surface area contributed by atoms with Crippen molar-refractivity contribution in [2.24, 2.45) is 0 Å². The van der Waals surface area contributed by atoms with Crippen LogP contribution in [0.4, 0.5) is 0 Å². The molecular weight excluding hydrogens is 354 g/mol. The highest BCUT2D eigenvalue weighted by Crippen LogP contribution is 2.32. The molecule has 7 heteroatoms. The van der Waals surface area contributed by atoms with Gasteiger partial charge in [-0.3, -0.25) is 9.78 Å². The molecule has 6 nitrogen and oxygen atoms in total. The van der Waals surface area contributed by atoms with Gasteiger partial charge >= 0.3 is 0 Å². The maximum absolute atomic E-state index is 13.0. The van der Waals surface area contributed by atoms with Crippen LogP contribution in [0.2, 0.25) is 5.15 Å². The van der Waals surface area contributed by atoms with Crippen molar-refractivity contribution >= 4 is 17.5 Å². The molecule has 2 aromatic rings. The van der Waals surface area contributed by atoms with Crippen molar-refractivity contribution in [2.75, 3.05) is 13.2 Å². The lowest BCUT2D eigenvalue weighted by Crippen LogP contribution is -2.44. The summed E-state index contributed by atoms with van der Waals surface area (Å²) < 4.78 is 12.0. The third kappa shape index (κ3) is 3.58. The third-order valence-electron chi connectivity index (χ3n) is 4.84. The number of pyridine rings is 2. The maximum Gasteiger partial charge on any atom is 0.272 e. The summed E-state index contributed by atoms with van der Waals surface area (Å²) in [7, 11) is 0. The van der Waals surface area contributed by atoms with Crippen LogP contribution in [-0.4, -0.2) is 52.2 Å². The highest BCUT2D eigenvalue weighted by molar-refractivity contribution is 6.29. The molecule has 2 aliphatic heterocycles. The molecule has 0 spiro atoms. The maximum atomic E-state index is 13.0. The normalized spacial score (nSPS) is 25.1. The second kappa shape index (κ2) is 7.70. The Bertz CT molecular complexity index is 774. The quantitative estimate of drug-likeness (QED) is 0.771. The van der Waals surface area contributed by atoms with Crippen molar-refractivity contribution in [3.05, 3.63) is 59.1 Å². The molecular formula is C19H20ClN3O3. The minimum Gasteiger partial charge on any atom is -0.373 e. The first kappa shape index (κ1) is 17.4. The number of hydrogen-bond acceptors (Lipinski definition) is 5. The van der Waals surface area contributed by atoms with E-state index in [4.69, 9.17) is 21.1 Å². The molecule has 0 saturated carbocycles. The summed E-state index contributed by atoms with van der Waals surface area (Å²) in [5, 5.41) is 0.314. The number of aromatic nitrogens is 2. The van der Waals surface area contributed by atoms with Crippen molar-refractivity contribution in [2.45, 2.75) is 37.7 Å². The van der Waals surface area contributed by atoms with Crippen LogP contribution in [0.25, 0.3) is 0 Å². The van der Waals surface area contributed by atoms with Crippen molar-refractivity contribution in [1.82, 2.24) is 14.9 Å². The zero-order valence-electron chi connectivity index (χ0n) is 14.3. The number of hydrogen-bond donors (Lipinski definition) is 0. The molecule has 2 saturated heterocycles. The summed E-state index contributed by atoms with van der Waals surface area (Å²) in [6.45, 7) is 1.58. The summed E-state index contributed by atoms with van der Waals surface area (Å²) in [6, 6.07) is 10.8. The van der Waals surface area contributed by atoms with Gasteiger partial charge in [0, 0.05) is 12.8 Å². The van der Waals surface area contributed by atoms with Crippen LogP contribution >= 0.6 is 11.6 Å². The number of carbonyl (C=O) groups excluding carboxylic acids is 1. The van der Waals surface area contributed by atoms with Crippen molar-refractivity contribution in [1.29, 1.82) is 0 Å². The molecule has 2 fully saturated rings. The average Bonchev–Trinajstić information content (AvgIpc) is 3.05. The number of halogens is 1. The molecule has 4 rings (SSSR count). The van der Waals surface area contributed by atoms with Crippen LogP contribution in [0, 0.1) is 0 Å². The van der Waals surface area contributed by atoms with Gasteiger partial charge in [0.1, 0.15) is 23.1 Å². The van der Waals surface area contributed by atoms with E-state index in [2.05, 4.69) is 9.97 Å². The number of likely N-dealkylation sites (tertiary alicyclic amines) is 1. The molecule has 0 radical (unpaired) electrons. The predicted octanol–water partition coefficient (Wildman–Crippen LogP) is 2.72. The Hall–Kier alpha value is -2.02. The van der Waals surface area contributed by atoms with Gasteiger partial charge in [0.2, 0.25) is 0 Å². The number of ether oxygens (including phenoxy) is 2. The average molecular weight is 374 g/mol. The first-order chi connectivity index (χ1) is 12.7. The number of rotatable bonds is 4. The summed E-state index contributed by atoms with van der Waals surface area (Å²) >= 11 is 5.94.